The fraction of sp³-hybridized carbons (Fsp3) is 0.462. The quantitative estimate of drug-likeness (QED) is 0.865. The molecule has 0 unspecified atom stereocenters. The molecule has 0 amide bonds. The van der Waals surface area contributed by atoms with Crippen LogP contribution >= 0.6 is 11.3 Å². The van der Waals surface area contributed by atoms with Crippen molar-refractivity contribution in [1.29, 1.82) is 0 Å². The molecule has 0 radical (unpaired) electrons. The van der Waals surface area contributed by atoms with E-state index in [-0.39, 0.29) is 5.56 Å². The summed E-state index contributed by atoms with van der Waals surface area (Å²) in [5, 5.41) is 4.77. The maximum atomic E-state index is 12.2. The van der Waals surface area contributed by atoms with Crippen LogP contribution in [0.2, 0.25) is 0 Å². The van der Waals surface area contributed by atoms with Gasteiger partial charge in [-0.3, -0.25) is 4.79 Å². The third kappa shape index (κ3) is 3.22. The van der Waals surface area contributed by atoms with Crippen LogP contribution in [0.25, 0.3) is 0 Å². The summed E-state index contributed by atoms with van der Waals surface area (Å²) in [5.41, 5.74) is 6.39. The molecule has 3 heterocycles. The van der Waals surface area contributed by atoms with Crippen LogP contribution in [0.15, 0.2) is 23.3 Å². The maximum absolute atomic E-state index is 12.2. The number of hydrogen-bond donors (Lipinski definition) is 1. The molecule has 1 aliphatic heterocycles. The number of likely N-dealkylation sites (N-methyl/N-ethyl adjacent to an activating group) is 1. The Morgan fingerprint density at radius 1 is 1.29 bits per heavy atom. The molecule has 21 heavy (non-hydrogen) atoms. The molecular weight excluding hydrogens is 288 g/mol. The summed E-state index contributed by atoms with van der Waals surface area (Å²) in [5.74, 6) is 0. The number of nitrogens with two attached hydrogens (primary N) is 1. The zero-order chi connectivity index (χ0) is 14.8. The van der Waals surface area contributed by atoms with E-state index in [2.05, 4.69) is 26.9 Å². The van der Waals surface area contributed by atoms with Gasteiger partial charge in [0.25, 0.3) is 5.56 Å². The third-order valence-electron chi connectivity index (χ3n) is 3.60. The van der Waals surface area contributed by atoms with E-state index in [9.17, 15) is 4.79 Å². The minimum atomic E-state index is -0.0987. The van der Waals surface area contributed by atoms with Crippen LogP contribution in [0, 0.1) is 0 Å². The molecule has 0 bridgehead atoms. The topological polar surface area (TPSA) is 80.3 Å². The zero-order valence-corrected chi connectivity index (χ0v) is 12.7. The van der Waals surface area contributed by atoms with Crippen molar-refractivity contribution in [3.63, 3.8) is 0 Å². The summed E-state index contributed by atoms with van der Waals surface area (Å²) in [6, 6.07) is 1.66. The van der Waals surface area contributed by atoms with Crippen LogP contribution in [0.4, 0.5) is 10.8 Å². The summed E-state index contributed by atoms with van der Waals surface area (Å²) in [6.45, 7) is 4.27. The molecule has 0 saturated carbocycles. The van der Waals surface area contributed by atoms with Gasteiger partial charge in [0.2, 0.25) is 0 Å². The highest BCUT2D eigenvalue weighted by Gasteiger charge is 2.15. The Bertz CT molecular complexity index is 673. The van der Waals surface area contributed by atoms with Crippen LogP contribution in [-0.4, -0.2) is 52.9 Å². The van der Waals surface area contributed by atoms with Gasteiger partial charge in [-0.25, -0.2) is 9.67 Å². The molecule has 2 N–H and O–H groups in total. The van der Waals surface area contributed by atoms with Crippen molar-refractivity contribution in [3.05, 3.63) is 33.7 Å². The Kier molecular flexibility index (Phi) is 3.89. The van der Waals surface area contributed by atoms with Gasteiger partial charge < -0.3 is 15.5 Å². The lowest BCUT2D eigenvalue weighted by Gasteiger charge is -2.33. The first kappa shape index (κ1) is 14.0. The lowest BCUT2D eigenvalue weighted by Crippen LogP contribution is -2.45. The lowest BCUT2D eigenvalue weighted by atomic mass is 10.3. The fourth-order valence-electron chi connectivity index (χ4n) is 2.32. The largest absolute Gasteiger partial charge is 0.375 e. The number of aromatic nitrogens is 3. The van der Waals surface area contributed by atoms with Gasteiger partial charge in [-0.05, 0) is 7.05 Å². The molecule has 0 aromatic carbocycles. The summed E-state index contributed by atoms with van der Waals surface area (Å²) in [4.78, 5) is 21.6. The van der Waals surface area contributed by atoms with E-state index in [1.165, 1.54) is 16.0 Å². The molecule has 1 aliphatic rings. The summed E-state index contributed by atoms with van der Waals surface area (Å²) < 4.78 is 1.44. The first-order chi connectivity index (χ1) is 10.1. The summed E-state index contributed by atoms with van der Waals surface area (Å²) in [7, 11) is 2.11. The first-order valence-electron chi connectivity index (χ1n) is 6.82. The van der Waals surface area contributed by atoms with Crippen molar-refractivity contribution in [2.24, 2.45) is 0 Å². The highest BCUT2D eigenvalue weighted by Crippen LogP contribution is 2.15. The minimum Gasteiger partial charge on any atom is -0.375 e. The maximum Gasteiger partial charge on any atom is 0.269 e. The predicted octanol–water partition coefficient (Wildman–Crippen LogP) is 0.0821. The van der Waals surface area contributed by atoms with Gasteiger partial charge in [0.15, 0.2) is 5.13 Å². The van der Waals surface area contributed by atoms with Crippen LogP contribution in [0.5, 0.6) is 0 Å². The zero-order valence-electron chi connectivity index (χ0n) is 11.9. The average Bonchev–Trinajstić information content (AvgIpc) is 2.87. The normalized spacial score (nSPS) is 16.3. The molecule has 112 valence electrons. The molecular formula is C13H18N6OS. The number of anilines is 2. The van der Waals surface area contributed by atoms with Crippen molar-refractivity contribution >= 4 is 22.2 Å². The third-order valence-corrected chi connectivity index (χ3v) is 4.41. The van der Waals surface area contributed by atoms with Crippen LogP contribution in [0.3, 0.4) is 0 Å². The standard InChI is InChI=1S/C13H18N6OS/c1-17-2-4-18(5-3-17)10-6-12(20)19(16-7-10)9-11-8-15-13(14)21-11/h6-8H,2-5,9H2,1H3,(H2,14,15). The predicted molar refractivity (Wildman–Crippen MR) is 83.8 cm³/mol. The van der Waals surface area contributed by atoms with Crippen molar-refractivity contribution in [2.75, 3.05) is 43.9 Å². The fourth-order valence-corrected chi connectivity index (χ4v) is 2.99. The number of thiazole rings is 1. The number of rotatable bonds is 3. The molecule has 8 heteroatoms. The molecule has 3 rings (SSSR count). The summed E-state index contributed by atoms with van der Waals surface area (Å²) in [6.07, 6.45) is 3.44. The molecule has 1 fully saturated rings. The van der Waals surface area contributed by atoms with Crippen LogP contribution in [-0.2, 0) is 6.54 Å². The Hall–Kier alpha value is -1.93. The number of piperazine rings is 1. The van der Waals surface area contributed by atoms with Gasteiger partial charge in [-0.1, -0.05) is 0 Å². The monoisotopic (exact) mass is 306 g/mol. The Labute approximate surface area is 126 Å². The van der Waals surface area contributed by atoms with Gasteiger partial charge in [0.1, 0.15) is 0 Å². The second-order valence-corrected chi connectivity index (χ2v) is 6.31. The van der Waals surface area contributed by atoms with Gasteiger partial charge in [0, 0.05) is 43.3 Å². The number of nitrogens with zero attached hydrogens (tertiary/aromatic N) is 5. The van der Waals surface area contributed by atoms with Crippen molar-refractivity contribution in [2.45, 2.75) is 6.54 Å². The smallest absolute Gasteiger partial charge is 0.269 e. The Morgan fingerprint density at radius 3 is 2.67 bits per heavy atom. The van der Waals surface area contributed by atoms with E-state index in [1.807, 2.05) is 0 Å². The van der Waals surface area contributed by atoms with E-state index in [0.717, 1.165) is 36.7 Å². The van der Waals surface area contributed by atoms with Gasteiger partial charge in [-0.2, -0.15) is 5.10 Å². The first-order valence-corrected chi connectivity index (χ1v) is 7.64. The Morgan fingerprint density at radius 2 is 2.05 bits per heavy atom. The second kappa shape index (κ2) is 5.82. The molecule has 1 saturated heterocycles. The van der Waals surface area contributed by atoms with Crippen molar-refractivity contribution in [1.82, 2.24) is 19.7 Å². The van der Waals surface area contributed by atoms with E-state index in [1.54, 1.807) is 18.5 Å². The highest BCUT2D eigenvalue weighted by molar-refractivity contribution is 7.15. The highest BCUT2D eigenvalue weighted by atomic mass is 32.1. The van der Waals surface area contributed by atoms with Crippen LogP contribution in [0.1, 0.15) is 4.88 Å². The van der Waals surface area contributed by atoms with Crippen molar-refractivity contribution < 1.29 is 0 Å². The molecule has 0 atom stereocenters. The molecule has 7 nitrogen and oxygen atoms in total. The Balaban J connectivity index is 1.75. The number of nitrogen functional groups attached to an aromatic ring is 1. The SMILES string of the molecule is CN1CCN(c2cnn(Cc3cnc(N)s3)c(=O)c2)CC1. The van der Waals surface area contributed by atoms with Gasteiger partial charge >= 0.3 is 0 Å². The molecule has 2 aromatic heterocycles. The van der Waals surface area contributed by atoms with E-state index >= 15 is 0 Å². The minimum absolute atomic E-state index is 0.0987. The second-order valence-electron chi connectivity index (χ2n) is 5.16. The van der Waals surface area contributed by atoms with E-state index in [0.29, 0.717) is 11.7 Å². The van der Waals surface area contributed by atoms with Crippen LogP contribution < -0.4 is 16.2 Å². The summed E-state index contributed by atoms with van der Waals surface area (Å²) >= 11 is 1.37. The molecule has 0 spiro atoms. The lowest BCUT2D eigenvalue weighted by molar-refractivity contribution is 0.312. The van der Waals surface area contributed by atoms with Gasteiger partial charge in [0.05, 0.1) is 18.4 Å². The van der Waals surface area contributed by atoms with Crippen molar-refractivity contribution in [3.8, 4) is 0 Å². The molecule has 2 aromatic rings. The van der Waals surface area contributed by atoms with E-state index in [4.69, 9.17) is 5.73 Å². The van der Waals surface area contributed by atoms with E-state index < -0.39 is 0 Å². The molecule has 0 aliphatic carbocycles. The van der Waals surface area contributed by atoms with Gasteiger partial charge in [-0.15, -0.1) is 11.3 Å². The average molecular weight is 306 g/mol. The number of hydrogen-bond acceptors (Lipinski definition) is 7.